The summed E-state index contributed by atoms with van der Waals surface area (Å²) < 4.78 is 0. The minimum Gasteiger partial charge on any atom is -0.357 e. The van der Waals surface area contributed by atoms with Gasteiger partial charge in [-0.3, -0.25) is 0 Å². The molecule has 112 valence electrons. The molecule has 2 aromatic rings. The normalized spacial score (nSPS) is 18.5. The molecule has 0 bridgehead atoms. The van der Waals surface area contributed by atoms with Gasteiger partial charge in [-0.05, 0) is 36.8 Å². The van der Waals surface area contributed by atoms with Gasteiger partial charge in [-0.15, -0.1) is 0 Å². The van der Waals surface area contributed by atoms with Gasteiger partial charge in [-0.1, -0.05) is 26.0 Å². The van der Waals surface area contributed by atoms with Crippen molar-refractivity contribution >= 4 is 22.7 Å². The number of hydrogen-bond acceptors (Lipinski definition) is 4. The first-order valence-electron chi connectivity index (χ1n) is 7.78. The zero-order valence-corrected chi connectivity index (χ0v) is 13.2. The summed E-state index contributed by atoms with van der Waals surface area (Å²) in [5.41, 5.74) is 1.44. The Morgan fingerprint density at radius 3 is 2.71 bits per heavy atom. The molecule has 4 heteroatoms. The van der Waals surface area contributed by atoms with Crippen LogP contribution in [0.4, 0.5) is 11.8 Å². The minimum atomic E-state index is 0.434. The molecule has 1 saturated heterocycles. The van der Waals surface area contributed by atoms with Crippen LogP contribution in [-0.2, 0) is 0 Å². The molecule has 4 nitrogen and oxygen atoms in total. The third-order valence-corrected chi connectivity index (χ3v) is 4.45. The first-order chi connectivity index (χ1) is 10.1. The molecule has 0 amide bonds. The number of nitrogens with zero attached hydrogens (tertiary/aromatic N) is 3. The van der Waals surface area contributed by atoms with Gasteiger partial charge in [0.1, 0.15) is 5.82 Å². The van der Waals surface area contributed by atoms with Crippen molar-refractivity contribution in [2.24, 2.45) is 5.41 Å². The van der Waals surface area contributed by atoms with Crippen LogP contribution in [0.2, 0.25) is 0 Å². The van der Waals surface area contributed by atoms with E-state index in [1.54, 1.807) is 0 Å². The summed E-state index contributed by atoms with van der Waals surface area (Å²) in [6.45, 7) is 6.88. The summed E-state index contributed by atoms with van der Waals surface area (Å²) >= 11 is 0. The summed E-state index contributed by atoms with van der Waals surface area (Å²) in [6.07, 6.45) is 3.71. The highest BCUT2D eigenvalue weighted by molar-refractivity contribution is 5.90. The lowest BCUT2D eigenvalue weighted by Gasteiger charge is -2.25. The van der Waals surface area contributed by atoms with E-state index < -0.39 is 0 Å². The maximum Gasteiger partial charge on any atom is 0.224 e. The monoisotopic (exact) mass is 284 g/mol. The van der Waals surface area contributed by atoms with Crippen molar-refractivity contribution in [1.82, 2.24) is 9.97 Å². The van der Waals surface area contributed by atoms with Crippen molar-refractivity contribution in [2.75, 3.05) is 30.4 Å². The number of hydrogen-bond donors (Lipinski definition) is 1. The van der Waals surface area contributed by atoms with Crippen LogP contribution in [0.25, 0.3) is 10.9 Å². The molecule has 1 aliphatic rings. The number of benzene rings is 1. The van der Waals surface area contributed by atoms with Crippen LogP contribution in [0, 0.1) is 5.41 Å². The first-order valence-corrected chi connectivity index (χ1v) is 7.78. The second-order valence-electron chi connectivity index (χ2n) is 6.64. The van der Waals surface area contributed by atoms with E-state index in [2.05, 4.69) is 47.2 Å². The van der Waals surface area contributed by atoms with E-state index >= 15 is 0 Å². The highest BCUT2D eigenvalue weighted by atomic mass is 15.2. The second-order valence-corrected chi connectivity index (χ2v) is 6.64. The minimum absolute atomic E-state index is 0.434. The van der Waals surface area contributed by atoms with Crippen molar-refractivity contribution in [3.63, 3.8) is 0 Å². The third kappa shape index (κ3) is 2.94. The van der Waals surface area contributed by atoms with Gasteiger partial charge in [-0.2, -0.15) is 4.98 Å². The van der Waals surface area contributed by atoms with E-state index in [1.165, 1.54) is 19.3 Å². The molecule has 0 unspecified atom stereocenters. The zero-order chi connectivity index (χ0) is 14.9. The molecule has 1 aliphatic heterocycles. The van der Waals surface area contributed by atoms with Crippen LogP contribution in [0.5, 0.6) is 0 Å². The van der Waals surface area contributed by atoms with Gasteiger partial charge in [0, 0.05) is 25.5 Å². The van der Waals surface area contributed by atoms with E-state index in [0.29, 0.717) is 11.4 Å². The highest BCUT2D eigenvalue weighted by Crippen LogP contribution is 2.33. The lowest BCUT2D eigenvalue weighted by atomic mass is 9.85. The standard InChI is InChI=1S/C17H24N4/c1-17(2)9-6-11-21(12-10-17)15-13-7-4-5-8-14(13)19-16(18-3)20-15/h4-5,7-8H,6,9-12H2,1-3H3,(H,18,19,20). The Bertz CT molecular complexity index is 636. The average Bonchev–Trinajstić information content (AvgIpc) is 2.67. The van der Waals surface area contributed by atoms with Gasteiger partial charge in [0.25, 0.3) is 0 Å². The van der Waals surface area contributed by atoms with Gasteiger partial charge in [0.05, 0.1) is 5.52 Å². The lowest BCUT2D eigenvalue weighted by molar-refractivity contribution is 0.325. The van der Waals surface area contributed by atoms with Gasteiger partial charge in [0.15, 0.2) is 0 Å². The second kappa shape index (κ2) is 5.51. The fourth-order valence-electron chi connectivity index (χ4n) is 3.05. The number of fused-ring (bicyclic) bond motifs is 1. The van der Waals surface area contributed by atoms with E-state index in [0.717, 1.165) is 29.8 Å². The van der Waals surface area contributed by atoms with E-state index in [9.17, 15) is 0 Å². The van der Waals surface area contributed by atoms with Crippen molar-refractivity contribution in [1.29, 1.82) is 0 Å². The van der Waals surface area contributed by atoms with Crippen molar-refractivity contribution in [2.45, 2.75) is 33.1 Å². The molecule has 0 spiro atoms. The molecule has 1 N–H and O–H groups in total. The SMILES string of the molecule is CNc1nc(N2CCCC(C)(C)CC2)c2ccccc2n1. The Labute approximate surface area is 126 Å². The summed E-state index contributed by atoms with van der Waals surface area (Å²) in [7, 11) is 1.87. The van der Waals surface area contributed by atoms with Crippen LogP contribution in [0.3, 0.4) is 0 Å². The molecule has 3 rings (SSSR count). The molecule has 0 radical (unpaired) electrons. The number of aromatic nitrogens is 2. The van der Waals surface area contributed by atoms with Gasteiger partial charge < -0.3 is 10.2 Å². The molecular weight excluding hydrogens is 260 g/mol. The fraction of sp³-hybridized carbons (Fsp3) is 0.529. The average molecular weight is 284 g/mol. The molecule has 1 aromatic heterocycles. The molecule has 0 atom stereocenters. The Morgan fingerprint density at radius 2 is 1.90 bits per heavy atom. The Balaban J connectivity index is 2.02. The predicted octanol–water partition coefficient (Wildman–Crippen LogP) is 3.69. The smallest absolute Gasteiger partial charge is 0.224 e. The maximum atomic E-state index is 4.74. The Hall–Kier alpha value is -1.84. The van der Waals surface area contributed by atoms with Crippen molar-refractivity contribution in [3.05, 3.63) is 24.3 Å². The first kappa shape index (κ1) is 14.1. The molecule has 21 heavy (non-hydrogen) atoms. The van der Waals surface area contributed by atoms with E-state index in [1.807, 2.05) is 13.1 Å². The van der Waals surface area contributed by atoms with Crippen molar-refractivity contribution in [3.8, 4) is 0 Å². The zero-order valence-electron chi connectivity index (χ0n) is 13.2. The molecule has 2 heterocycles. The number of para-hydroxylation sites is 1. The lowest BCUT2D eigenvalue weighted by Crippen LogP contribution is -2.26. The molecule has 0 saturated carbocycles. The van der Waals surface area contributed by atoms with Crippen LogP contribution < -0.4 is 10.2 Å². The number of anilines is 2. The van der Waals surface area contributed by atoms with Gasteiger partial charge in [-0.25, -0.2) is 4.98 Å². The van der Waals surface area contributed by atoms with Crippen LogP contribution >= 0.6 is 0 Å². The Kier molecular flexibility index (Phi) is 3.70. The summed E-state index contributed by atoms with van der Waals surface area (Å²) in [4.78, 5) is 11.7. The summed E-state index contributed by atoms with van der Waals surface area (Å²) in [5.74, 6) is 1.77. The maximum absolute atomic E-state index is 4.74. The summed E-state index contributed by atoms with van der Waals surface area (Å²) in [5, 5.41) is 4.23. The largest absolute Gasteiger partial charge is 0.357 e. The molecular formula is C17H24N4. The predicted molar refractivity (Wildman–Crippen MR) is 88.9 cm³/mol. The van der Waals surface area contributed by atoms with Crippen molar-refractivity contribution < 1.29 is 0 Å². The van der Waals surface area contributed by atoms with Crippen LogP contribution in [0.15, 0.2) is 24.3 Å². The van der Waals surface area contributed by atoms with E-state index in [4.69, 9.17) is 4.98 Å². The molecule has 1 fully saturated rings. The van der Waals surface area contributed by atoms with Gasteiger partial charge in [0.2, 0.25) is 5.95 Å². The fourth-order valence-corrected chi connectivity index (χ4v) is 3.05. The Morgan fingerprint density at radius 1 is 1.10 bits per heavy atom. The quantitative estimate of drug-likeness (QED) is 0.913. The number of nitrogens with one attached hydrogen (secondary N) is 1. The topological polar surface area (TPSA) is 41.1 Å². The van der Waals surface area contributed by atoms with E-state index in [-0.39, 0.29) is 0 Å². The van der Waals surface area contributed by atoms with Gasteiger partial charge >= 0.3 is 0 Å². The van der Waals surface area contributed by atoms with Crippen LogP contribution in [0.1, 0.15) is 33.1 Å². The summed E-state index contributed by atoms with van der Waals surface area (Å²) in [6, 6.07) is 8.28. The number of rotatable bonds is 2. The highest BCUT2D eigenvalue weighted by Gasteiger charge is 2.24. The van der Waals surface area contributed by atoms with Crippen LogP contribution in [-0.4, -0.2) is 30.1 Å². The third-order valence-electron chi connectivity index (χ3n) is 4.45. The molecule has 0 aliphatic carbocycles. The molecule has 1 aromatic carbocycles.